The van der Waals surface area contributed by atoms with E-state index in [-0.39, 0.29) is 17.7 Å². The zero-order valence-electron chi connectivity index (χ0n) is 8.40. The van der Waals surface area contributed by atoms with Crippen LogP contribution in [0, 0.1) is 5.92 Å². The number of likely N-dealkylation sites (tertiary alicyclic amines) is 1. The Kier molecular flexibility index (Phi) is 3.83. The lowest BCUT2D eigenvalue weighted by molar-refractivity contribution is -0.148. The molecule has 0 aromatic heterocycles. The van der Waals surface area contributed by atoms with Crippen LogP contribution in [0.15, 0.2) is 12.2 Å². The molecule has 0 saturated carbocycles. The van der Waals surface area contributed by atoms with E-state index in [0.29, 0.717) is 25.9 Å². The van der Waals surface area contributed by atoms with E-state index in [1.165, 1.54) is 4.90 Å². The van der Waals surface area contributed by atoms with Crippen molar-refractivity contribution in [1.29, 1.82) is 0 Å². The van der Waals surface area contributed by atoms with Crippen molar-refractivity contribution in [3.05, 3.63) is 12.2 Å². The fraction of sp³-hybridized carbons (Fsp3) is 0.600. The highest BCUT2D eigenvalue weighted by Gasteiger charge is 2.28. The van der Waals surface area contributed by atoms with Crippen LogP contribution in [0.3, 0.4) is 0 Å². The molecular formula is C10H16N2O2. The third-order valence-electron chi connectivity index (χ3n) is 2.24. The molecule has 1 saturated heterocycles. The van der Waals surface area contributed by atoms with Gasteiger partial charge in [0.15, 0.2) is 0 Å². The molecule has 4 nitrogen and oxygen atoms in total. The summed E-state index contributed by atoms with van der Waals surface area (Å²) in [5.41, 5.74) is 5.26. The summed E-state index contributed by atoms with van der Waals surface area (Å²) in [6.07, 6.45) is 4.45. The molecule has 0 aliphatic carbocycles. The summed E-state index contributed by atoms with van der Waals surface area (Å²) in [6.45, 7) is 2.72. The summed E-state index contributed by atoms with van der Waals surface area (Å²) >= 11 is 0. The summed E-state index contributed by atoms with van der Waals surface area (Å²) < 4.78 is 0. The van der Waals surface area contributed by atoms with Gasteiger partial charge in [0.05, 0.1) is 0 Å². The molecule has 0 radical (unpaired) electrons. The molecule has 2 N–H and O–H groups in total. The molecule has 0 aromatic carbocycles. The van der Waals surface area contributed by atoms with Crippen LogP contribution in [0.5, 0.6) is 0 Å². The number of hydrogen-bond acceptors (Lipinski definition) is 3. The van der Waals surface area contributed by atoms with Crippen molar-refractivity contribution in [2.75, 3.05) is 13.1 Å². The normalized spacial score (nSPS) is 19.7. The summed E-state index contributed by atoms with van der Waals surface area (Å²) in [7, 11) is 0. The number of nitrogens with zero attached hydrogens (tertiary/aromatic N) is 1. The number of imide groups is 1. The molecule has 1 aliphatic heterocycles. The second kappa shape index (κ2) is 4.91. The molecule has 0 unspecified atom stereocenters. The smallest absolute Gasteiger partial charge is 0.229 e. The number of nitrogens with two attached hydrogens (primary N) is 1. The lowest BCUT2D eigenvalue weighted by Gasteiger charge is -2.27. The molecule has 1 fully saturated rings. The van der Waals surface area contributed by atoms with Crippen LogP contribution < -0.4 is 5.73 Å². The largest absolute Gasteiger partial charge is 0.327 e. The minimum Gasteiger partial charge on any atom is -0.327 e. The van der Waals surface area contributed by atoms with E-state index in [0.717, 1.165) is 0 Å². The highest BCUT2D eigenvalue weighted by atomic mass is 16.2. The lowest BCUT2D eigenvalue weighted by Crippen LogP contribution is -2.42. The van der Waals surface area contributed by atoms with Gasteiger partial charge >= 0.3 is 0 Å². The van der Waals surface area contributed by atoms with Crippen LogP contribution >= 0.6 is 0 Å². The van der Waals surface area contributed by atoms with Crippen LogP contribution in [0.25, 0.3) is 0 Å². The fourth-order valence-corrected chi connectivity index (χ4v) is 1.51. The molecule has 0 bridgehead atoms. The SMILES string of the molecule is CC1CC(=O)N(C/C=C/CN)C(=O)C1. The fourth-order valence-electron chi connectivity index (χ4n) is 1.51. The molecule has 1 aliphatic rings. The maximum Gasteiger partial charge on any atom is 0.229 e. The Labute approximate surface area is 83.8 Å². The first-order valence-corrected chi connectivity index (χ1v) is 4.83. The second-order valence-corrected chi connectivity index (χ2v) is 3.62. The summed E-state index contributed by atoms with van der Waals surface area (Å²) in [5.74, 6) is 0.0376. The molecule has 0 atom stereocenters. The van der Waals surface area contributed by atoms with Crippen LogP contribution in [-0.4, -0.2) is 29.8 Å². The van der Waals surface area contributed by atoms with Gasteiger partial charge in [0.2, 0.25) is 11.8 Å². The summed E-state index contributed by atoms with van der Waals surface area (Å²) in [4.78, 5) is 24.2. The molecule has 1 rings (SSSR count). The molecule has 0 aromatic rings. The van der Waals surface area contributed by atoms with Gasteiger partial charge < -0.3 is 5.73 Å². The first-order chi connectivity index (χ1) is 6.65. The minimum atomic E-state index is -0.0737. The molecule has 4 heteroatoms. The van der Waals surface area contributed by atoms with Gasteiger partial charge in [-0.05, 0) is 5.92 Å². The average Bonchev–Trinajstić information content (AvgIpc) is 2.09. The topological polar surface area (TPSA) is 63.4 Å². The van der Waals surface area contributed by atoms with E-state index in [1.807, 2.05) is 6.92 Å². The van der Waals surface area contributed by atoms with E-state index in [2.05, 4.69) is 0 Å². The van der Waals surface area contributed by atoms with Gasteiger partial charge in [0, 0.05) is 25.9 Å². The molecule has 2 amide bonds. The Morgan fingerprint density at radius 1 is 1.36 bits per heavy atom. The van der Waals surface area contributed by atoms with Gasteiger partial charge in [0.25, 0.3) is 0 Å². The number of amides is 2. The van der Waals surface area contributed by atoms with Crippen LogP contribution in [-0.2, 0) is 9.59 Å². The quantitative estimate of drug-likeness (QED) is 0.521. The van der Waals surface area contributed by atoms with Gasteiger partial charge in [-0.3, -0.25) is 14.5 Å². The molecule has 14 heavy (non-hydrogen) atoms. The van der Waals surface area contributed by atoms with Crippen molar-refractivity contribution in [2.45, 2.75) is 19.8 Å². The Hall–Kier alpha value is -1.16. The van der Waals surface area contributed by atoms with Crippen molar-refractivity contribution in [2.24, 2.45) is 11.7 Å². The highest BCUT2D eigenvalue weighted by molar-refractivity contribution is 5.98. The number of piperidine rings is 1. The van der Waals surface area contributed by atoms with Crippen LogP contribution in [0.1, 0.15) is 19.8 Å². The van der Waals surface area contributed by atoms with Gasteiger partial charge in [-0.15, -0.1) is 0 Å². The molecule has 0 spiro atoms. The second-order valence-electron chi connectivity index (χ2n) is 3.62. The Morgan fingerprint density at radius 2 is 1.93 bits per heavy atom. The van der Waals surface area contributed by atoms with Gasteiger partial charge in [-0.25, -0.2) is 0 Å². The monoisotopic (exact) mass is 196 g/mol. The third kappa shape index (κ3) is 2.67. The summed E-state index contributed by atoms with van der Waals surface area (Å²) in [6, 6.07) is 0. The average molecular weight is 196 g/mol. The molecule has 1 heterocycles. The van der Waals surface area contributed by atoms with Crippen molar-refractivity contribution < 1.29 is 9.59 Å². The van der Waals surface area contributed by atoms with Crippen LogP contribution in [0.4, 0.5) is 0 Å². The van der Waals surface area contributed by atoms with Gasteiger partial charge in [-0.2, -0.15) is 0 Å². The Balaban J connectivity index is 2.54. The van der Waals surface area contributed by atoms with Crippen molar-refractivity contribution >= 4 is 11.8 Å². The van der Waals surface area contributed by atoms with Gasteiger partial charge in [-0.1, -0.05) is 19.1 Å². The van der Waals surface area contributed by atoms with E-state index < -0.39 is 0 Å². The zero-order chi connectivity index (χ0) is 10.6. The first kappa shape index (κ1) is 10.9. The predicted molar refractivity (Wildman–Crippen MR) is 53.3 cm³/mol. The van der Waals surface area contributed by atoms with E-state index >= 15 is 0 Å². The maximum absolute atomic E-state index is 11.4. The predicted octanol–water partition coefficient (Wildman–Crippen LogP) is 0.286. The van der Waals surface area contributed by atoms with Gasteiger partial charge in [0.1, 0.15) is 0 Å². The first-order valence-electron chi connectivity index (χ1n) is 4.83. The number of hydrogen-bond donors (Lipinski definition) is 1. The van der Waals surface area contributed by atoms with E-state index in [9.17, 15) is 9.59 Å². The van der Waals surface area contributed by atoms with Crippen molar-refractivity contribution in [1.82, 2.24) is 4.90 Å². The number of carbonyl (C=O) groups is 2. The van der Waals surface area contributed by atoms with Crippen molar-refractivity contribution in [3.8, 4) is 0 Å². The molecule has 78 valence electrons. The summed E-state index contributed by atoms with van der Waals surface area (Å²) in [5, 5.41) is 0. The van der Waals surface area contributed by atoms with E-state index in [4.69, 9.17) is 5.73 Å². The highest BCUT2D eigenvalue weighted by Crippen LogP contribution is 2.18. The Morgan fingerprint density at radius 3 is 2.43 bits per heavy atom. The van der Waals surface area contributed by atoms with E-state index in [1.54, 1.807) is 12.2 Å². The Bertz CT molecular complexity index is 243. The maximum atomic E-state index is 11.4. The molecular weight excluding hydrogens is 180 g/mol. The van der Waals surface area contributed by atoms with Crippen molar-refractivity contribution in [3.63, 3.8) is 0 Å². The van der Waals surface area contributed by atoms with Crippen LogP contribution in [0.2, 0.25) is 0 Å². The number of carbonyl (C=O) groups excluding carboxylic acids is 2. The minimum absolute atomic E-state index is 0.0737. The lowest BCUT2D eigenvalue weighted by atomic mass is 9.98. The third-order valence-corrected chi connectivity index (χ3v) is 2.24. The number of rotatable bonds is 3. The standard InChI is InChI=1S/C10H16N2O2/c1-8-6-9(13)12(10(14)7-8)5-3-2-4-11/h2-3,8H,4-7,11H2,1H3/b3-2+. The zero-order valence-corrected chi connectivity index (χ0v) is 8.40.